The Morgan fingerprint density at radius 2 is 1.84 bits per heavy atom. The molecule has 6 heteroatoms. The van der Waals surface area contributed by atoms with Gasteiger partial charge in [-0.3, -0.25) is 9.59 Å². The van der Waals surface area contributed by atoms with Crippen LogP contribution in [0.1, 0.15) is 12.0 Å². The summed E-state index contributed by atoms with van der Waals surface area (Å²) in [5.41, 5.74) is -0.266. The molecule has 0 bridgehead atoms. The maximum absolute atomic E-state index is 13.4. The van der Waals surface area contributed by atoms with Crippen molar-refractivity contribution < 1.29 is 23.1 Å². The summed E-state index contributed by atoms with van der Waals surface area (Å²) < 4.78 is 31.2. The zero-order chi connectivity index (χ0) is 14.4. The predicted molar refractivity (Wildman–Crippen MR) is 64.3 cm³/mol. The molecule has 0 saturated heterocycles. The zero-order valence-electron chi connectivity index (χ0n) is 10.8. The number of esters is 1. The van der Waals surface area contributed by atoms with Gasteiger partial charge in [0.2, 0.25) is 5.91 Å². The van der Waals surface area contributed by atoms with Crippen LogP contribution >= 0.6 is 0 Å². The summed E-state index contributed by atoms with van der Waals surface area (Å²) in [6.07, 6.45) is -0.339. The van der Waals surface area contributed by atoms with Crippen LogP contribution in [0.25, 0.3) is 0 Å². The van der Waals surface area contributed by atoms with Gasteiger partial charge >= 0.3 is 5.97 Å². The largest absolute Gasteiger partial charge is 0.469 e. The van der Waals surface area contributed by atoms with Gasteiger partial charge in [0, 0.05) is 19.2 Å². The van der Waals surface area contributed by atoms with Gasteiger partial charge in [-0.25, -0.2) is 8.78 Å². The summed E-state index contributed by atoms with van der Waals surface area (Å²) in [5.74, 6) is -2.42. The van der Waals surface area contributed by atoms with E-state index >= 15 is 0 Å². The Balaban J connectivity index is 2.61. The van der Waals surface area contributed by atoms with E-state index in [2.05, 4.69) is 4.74 Å². The zero-order valence-corrected chi connectivity index (χ0v) is 10.8. The van der Waals surface area contributed by atoms with Gasteiger partial charge in [0.15, 0.2) is 0 Å². The molecule has 0 atom stereocenters. The minimum absolute atomic E-state index is 0.0402. The Morgan fingerprint density at radius 3 is 2.37 bits per heavy atom. The number of halogens is 2. The summed E-state index contributed by atoms with van der Waals surface area (Å²) >= 11 is 0. The molecule has 1 rings (SSSR count). The van der Waals surface area contributed by atoms with Crippen molar-refractivity contribution in [3.63, 3.8) is 0 Å². The third-order valence-corrected chi connectivity index (χ3v) is 2.69. The van der Waals surface area contributed by atoms with Crippen LogP contribution in [0.2, 0.25) is 0 Å². The van der Waals surface area contributed by atoms with E-state index in [0.717, 1.165) is 12.1 Å². The number of nitrogens with zero attached hydrogens (tertiary/aromatic N) is 1. The van der Waals surface area contributed by atoms with E-state index in [0.29, 0.717) is 0 Å². The molecule has 0 radical (unpaired) electrons. The molecular weight excluding hydrogens is 256 g/mol. The maximum Gasteiger partial charge on any atom is 0.307 e. The van der Waals surface area contributed by atoms with Gasteiger partial charge in [-0.1, -0.05) is 6.07 Å². The molecule has 0 aliphatic rings. The molecule has 1 amide bonds. The number of methoxy groups -OCH3 is 1. The number of hydrogen-bond acceptors (Lipinski definition) is 3. The average molecular weight is 271 g/mol. The van der Waals surface area contributed by atoms with Crippen molar-refractivity contribution in [3.8, 4) is 0 Å². The van der Waals surface area contributed by atoms with E-state index in [1.807, 2.05) is 0 Å². The monoisotopic (exact) mass is 271 g/mol. The first kappa shape index (κ1) is 15.1. The van der Waals surface area contributed by atoms with Crippen LogP contribution in [0.3, 0.4) is 0 Å². The first-order valence-electron chi connectivity index (χ1n) is 5.69. The van der Waals surface area contributed by atoms with Crippen LogP contribution in [-0.2, 0) is 20.7 Å². The molecule has 0 aliphatic heterocycles. The number of carbonyl (C=O) groups excluding carboxylic acids is 2. The van der Waals surface area contributed by atoms with E-state index in [4.69, 9.17) is 0 Å². The summed E-state index contributed by atoms with van der Waals surface area (Å²) in [5, 5.41) is 0. The minimum Gasteiger partial charge on any atom is -0.469 e. The van der Waals surface area contributed by atoms with Crippen molar-refractivity contribution in [3.05, 3.63) is 35.4 Å². The maximum atomic E-state index is 13.4. The quantitative estimate of drug-likeness (QED) is 0.763. The predicted octanol–water partition coefficient (Wildman–Crippen LogP) is 1.53. The van der Waals surface area contributed by atoms with Crippen molar-refractivity contribution in [1.82, 2.24) is 4.90 Å². The minimum atomic E-state index is -0.755. The summed E-state index contributed by atoms with van der Waals surface area (Å²) in [4.78, 5) is 23.9. The Morgan fingerprint density at radius 1 is 1.26 bits per heavy atom. The van der Waals surface area contributed by atoms with Crippen molar-refractivity contribution in [2.45, 2.75) is 12.8 Å². The van der Waals surface area contributed by atoms with E-state index in [9.17, 15) is 18.4 Å². The third-order valence-electron chi connectivity index (χ3n) is 2.69. The normalized spacial score (nSPS) is 10.1. The number of carbonyl (C=O) groups is 2. The van der Waals surface area contributed by atoms with Crippen LogP contribution in [-0.4, -0.2) is 37.5 Å². The fraction of sp³-hybridized carbons (Fsp3) is 0.385. The summed E-state index contributed by atoms with van der Waals surface area (Å²) in [6, 6.07) is 3.43. The fourth-order valence-corrected chi connectivity index (χ4v) is 1.47. The second-order valence-corrected chi connectivity index (χ2v) is 4.02. The highest BCUT2D eigenvalue weighted by Gasteiger charge is 2.16. The second kappa shape index (κ2) is 6.82. The SMILES string of the molecule is COC(=O)CCN(C)C(=O)Cc1c(F)cccc1F. The molecule has 0 aliphatic carbocycles. The highest BCUT2D eigenvalue weighted by atomic mass is 19.1. The van der Waals surface area contributed by atoms with Gasteiger partial charge in [-0.2, -0.15) is 0 Å². The molecular formula is C13H15F2NO3. The molecule has 0 N–H and O–H groups in total. The highest BCUT2D eigenvalue weighted by Crippen LogP contribution is 2.13. The molecule has 0 aromatic heterocycles. The van der Waals surface area contributed by atoms with Crippen LogP contribution in [0.4, 0.5) is 8.78 Å². The van der Waals surface area contributed by atoms with Gasteiger partial charge in [0.05, 0.1) is 20.0 Å². The lowest BCUT2D eigenvalue weighted by atomic mass is 10.1. The van der Waals surface area contributed by atoms with Gasteiger partial charge in [-0.05, 0) is 12.1 Å². The number of rotatable bonds is 5. The molecule has 0 spiro atoms. The van der Waals surface area contributed by atoms with Gasteiger partial charge in [0.25, 0.3) is 0 Å². The Labute approximate surface area is 110 Å². The fourth-order valence-electron chi connectivity index (χ4n) is 1.47. The van der Waals surface area contributed by atoms with E-state index in [1.165, 1.54) is 25.1 Å². The molecule has 0 unspecified atom stereocenters. The topological polar surface area (TPSA) is 46.6 Å². The number of ether oxygens (including phenoxy) is 1. The van der Waals surface area contributed by atoms with Crippen molar-refractivity contribution in [1.29, 1.82) is 0 Å². The summed E-state index contributed by atoms with van der Waals surface area (Å²) in [6.45, 7) is 0.140. The molecule has 1 aromatic rings. The number of amides is 1. The number of likely N-dealkylation sites (N-methyl/N-ethyl adjacent to an activating group) is 1. The summed E-state index contributed by atoms with van der Waals surface area (Å²) in [7, 11) is 2.71. The van der Waals surface area contributed by atoms with Crippen LogP contribution in [0.15, 0.2) is 18.2 Å². The standard InChI is InChI=1S/C13H15F2NO3/c1-16(7-6-13(18)19-2)12(17)8-9-10(14)4-3-5-11(9)15/h3-5H,6-8H2,1-2H3. The Hall–Kier alpha value is -1.98. The smallest absolute Gasteiger partial charge is 0.307 e. The lowest BCUT2D eigenvalue weighted by molar-refractivity contribution is -0.141. The van der Waals surface area contributed by atoms with Crippen LogP contribution in [0, 0.1) is 11.6 Å². The highest BCUT2D eigenvalue weighted by molar-refractivity contribution is 5.79. The first-order chi connectivity index (χ1) is 8.95. The Bertz CT molecular complexity index is 457. The molecule has 1 aromatic carbocycles. The van der Waals surface area contributed by atoms with Crippen molar-refractivity contribution in [2.75, 3.05) is 20.7 Å². The lowest BCUT2D eigenvalue weighted by Gasteiger charge is -2.16. The third kappa shape index (κ3) is 4.31. The van der Waals surface area contributed by atoms with Gasteiger partial charge < -0.3 is 9.64 Å². The molecule has 0 fully saturated rings. The van der Waals surface area contributed by atoms with Crippen molar-refractivity contribution in [2.24, 2.45) is 0 Å². The van der Waals surface area contributed by atoms with E-state index in [-0.39, 0.29) is 24.9 Å². The lowest BCUT2D eigenvalue weighted by Crippen LogP contribution is -2.31. The number of benzene rings is 1. The first-order valence-corrected chi connectivity index (χ1v) is 5.69. The van der Waals surface area contributed by atoms with Gasteiger partial charge in [-0.15, -0.1) is 0 Å². The molecule has 0 saturated carbocycles. The molecule has 104 valence electrons. The van der Waals surface area contributed by atoms with E-state index < -0.39 is 23.5 Å². The number of hydrogen-bond donors (Lipinski definition) is 0. The van der Waals surface area contributed by atoms with Crippen LogP contribution in [0.5, 0.6) is 0 Å². The second-order valence-electron chi connectivity index (χ2n) is 4.02. The average Bonchev–Trinajstić information content (AvgIpc) is 2.39. The molecule has 4 nitrogen and oxygen atoms in total. The van der Waals surface area contributed by atoms with Crippen molar-refractivity contribution >= 4 is 11.9 Å². The van der Waals surface area contributed by atoms with Gasteiger partial charge in [0.1, 0.15) is 11.6 Å². The Kier molecular flexibility index (Phi) is 5.41. The van der Waals surface area contributed by atoms with Crippen LogP contribution < -0.4 is 0 Å². The molecule has 0 heterocycles. The molecule has 19 heavy (non-hydrogen) atoms. The van der Waals surface area contributed by atoms with E-state index in [1.54, 1.807) is 0 Å².